The van der Waals surface area contributed by atoms with E-state index in [-0.39, 0.29) is 12.8 Å². The van der Waals surface area contributed by atoms with Gasteiger partial charge in [-0.15, -0.1) is 0 Å². The van der Waals surface area contributed by atoms with Gasteiger partial charge in [0.05, 0.1) is 4.91 Å². The number of carboxylic acids is 1. The van der Waals surface area contributed by atoms with E-state index < -0.39 is 32.0 Å². The van der Waals surface area contributed by atoms with Crippen molar-refractivity contribution >= 4 is 39.4 Å². The molecular formula is C29H24ClNO5S2. The number of carbonyl (C=O) groups is 1. The standard InChI is InChI=1S/C29H24ClNO5S2/c30-22-13-10-20(11-14-22)12-15-23-16-17-27(37-23)38(34,35)31-29(28(32)33)18-25(29)24-8-4-5-9-26(24)36-19-21-6-2-1-3-7-21/h1-11,13-14,16,25,27,31H,17-19H2,(H,32,33). The quantitative estimate of drug-likeness (QED) is 0.348. The monoisotopic (exact) mass is 565 g/mol. The van der Waals surface area contributed by atoms with Crippen molar-refractivity contribution in [1.82, 2.24) is 4.72 Å². The van der Waals surface area contributed by atoms with Crippen molar-refractivity contribution in [2.45, 2.75) is 35.5 Å². The molecule has 2 aliphatic rings. The van der Waals surface area contributed by atoms with Gasteiger partial charge in [0.25, 0.3) is 0 Å². The molecule has 1 aliphatic heterocycles. The molecule has 1 aliphatic carbocycles. The molecule has 6 nitrogen and oxygen atoms in total. The maximum Gasteiger partial charge on any atom is 0.325 e. The Hall–Kier alpha value is -3.22. The summed E-state index contributed by atoms with van der Waals surface area (Å²) in [6.45, 7) is 0.320. The second-order valence-electron chi connectivity index (χ2n) is 9.10. The first-order valence-corrected chi connectivity index (χ1v) is 14.7. The number of carboxylic acid groups (broad SMARTS) is 1. The number of thioether (sulfide) groups is 1. The van der Waals surface area contributed by atoms with Gasteiger partial charge in [0.1, 0.15) is 22.5 Å². The van der Waals surface area contributed by atoms with E-state index in [9.17, 15) is 18.3 Å². The van der Waals surface area contributed by atoms with E-state index in [4.69, 9.17) is 16.3 Å². The minimum absolute atomic E-state index is 0.140. The highest BCUT2D eigenvalue weighted by Gasteiger charge is 2.64. The molecule has 2 N–H and O–H groups in total. The number of aliphatic carboxylic acids is 1. The van der Waals surface area contributed by atoms with Crippen molar-refractivity contribution in [2.75, 3.05) is 0 Å². The van der Waals surface area contributed by atoms with Crippen molar-refractivity contribution in [3.63, 3.8) is 0 Å². The zero-order valence-corrected chi connectivity index (χ0v) is 22.5. The van der Waals surface area contributed by atoms with Crippen LogP contribution in [0.5, 0.6) is 5.75 Å². The van der Waals surface area contributed by atoms with E-state index in [0.29, 0.717) is 27.8 Å². The summed E-state index contributed by atoms with van der Waals surface area (Å²) in [5.41, 5.74) is 0.784. The Morgan fingerprint density at radius 2 is 1.76 bits per heavy atom. The van der Waals surface area contributed by atoms with Crippen LogP contribution in [0.15, 0.2) is 89.8 Å². The van der Waals surface area contributed by atoms with Crippen molar-refractivity contribution in [3.8, 4) is 17.6 Å². The molecular weight excluding hydrogens is 542 g/mol. The molecule has 3 atom stereocenters. The van der Waals surface area contributed by atoms with Gasteiger partial charge in [-0.3, -0.25) is 4.79 Å². The SMILES string of the molecule is O=C(O)C1(NS(=O)(=O)C2CC=C(C#Cc3ccc(Cl)cc3)S2)CC1c1ccccc1OCc1ccccc1. The molecule has 0 bridgehead atoms. The highest BCUT2D eigenvalue weighted by Crippen LogP contribution is 2.55. The normalized spacial score (nSPS) is 22.2. The summed E-state index contributed by atoms with van der Waals surface area (Å²) in [6.07, 6.45) is 2.14. The topological polar surface area (TPSA) is 92.7 Å². The van der Waals surface area contributed by atoms with Crippen LogP contribution in [-0.2, 0) is 21.4 Å². The fourth-order valence-corrected chi connectivity index (χ4v) is 7.53. The van der Waals surface area contributed by atoms with Gasteiger partial charge in [0.15, 0.2) is 0 Å². The summed E-state index contributed by atoms with van der Waals surface area (Å²) in [5.74, 6) is 4.78. The summed E-state index contributed by atoms with van der Waals surface area (Å²) in [4.78, 5) is 13.0. The smallest absolute Gasteiger partial charge is 0.325 e. The molecule has 9 heteroatoms. The van der Waals surface area contributed by atoms with Gasteiger partial charge in [0, 0.05) is 16.5 Å². The van der Waals surface area contributed by atoms with Crippen LogP contribution in [-0.4, -0.2) is 29.6 Å². The molecule has 5 rings (SSSR count). The first-order chi connectivity index (χ1) is 18.3. The number of rotatable bonds is 8. The maximum atomic E-state index is 13.3. The number of halogens is 1. The molecule has 0 spiro atoms. The molecule has 194 valence electrons. The van der Waals surface area contributed by atoms with Crippen LogP contribution in [0.25, 0.3) is 0 Å². The molecule has 0 aromatic heterocycles. The maximum absolute atomic E-state index is 13.3. The molecule has 1 heterocycles. The summed E-state index contributed by atoms with van der Waals surface area (Å²) in [5, 5.41) is 10.7. The van der Waals surface area contributed by atoms with E-state index >= 15 is 0 Å². The van der Waals surface area contributed by atoms with Crippen LogP contribution >= 0.6 is 23.4 Å². The fourth-order valence-electron chi connectivity index (χ4n) is 4.36. The van der Waals surface area contributed by atoms with E-state index in [1.165, 1.54) is 0 Å². The number of sulfonamides is 1. The third-order valence-electron chi connectivity index (χ3n) is 6.47. The molecule has 0 amide bonds. The minimum atomic E-state index is -3.98. The molecule has 3 unspecified atom stereocenters. The number of para-hydroxylation sites is 1. The fraction of sp³-hybridized carbons (Fsp3) is 0.207. The third-order valence-corrected chi connectivity index (χ3v) is 10.3. The molecule has 1 saturated carbocycles. The zero-order valence-electron chi connectivity index (χ0n) is 20.1. The van der Waals surface area contributed by atoms with Gasteiger partial charge in [-0.25, -0.2) is 8.42 Å². The lowest BCUT2D eigenvalue weighted by Crippen LogP contribution is -2.47. The molecule has 0 radical (unpaired) electrons. The van der Waals surface area contributed by atoms with E-state index in [1.807, 2.05) is 36.4 Å². The summed E-state index contributed by atoms with van der Waals surface area (Å²) in [6, 6.07) is 23.9. The average molecular weight is 566 g/mol. The van der Waals surface area contributed by atoms with E-state index in [1.54, 1.807) is 48.5 Å². The third kappa shape index (κ3) is 5.77. The summed E-state index contributed by atoms with van der Waals surface area (Å²) in [7, 11) is -3.98. The van der Waals surface area contributed by atoms with Gasteiger partial charge in [0.2, 0.25) is 10.0 Å². The van der Waals surface area contributed by atoms with Crippen LogP contribution < -0.4 is 9.46 Å². The summed E-state index contributed by atoms with van der Waals surface area (Å²) < 4.78 is 34.3. The Kier molecular flexibility index (Phi) is 7.55. The molecule has 3 aromatic rings. The predicted molar refractivity (Wildman–Crippen MR) is 149 cm³/mol. The Labute approximate surface area is 231 Å². The van der Waals surface area contributed by atoms with Gasteiger partial charge in [-0.05, 0) is 54.3 Å². The lowest BCUT2D eigenvalue weighted by molar-refractivity contribution is -0.140. The lowest BCUT2D eigenvalue weighted by Gasteiger charge is -2.19. The van der Waals surface area contributed by atoms with E-state index in [2.05, 4.69) is 16.6 Å². The van der Waals surface area contributed by atoms with Crippen molar-refractivity contribution in [3.05, 3.63) is 112 Å². The largest absolute Gasteiger partial charge is 0.489 e. The highest BCUT2D eigenvalue weighted by atomic mass is 35.5. The van der Waals surface area contributed by atoms with Gasteiger partial charge in [-0.2, -0.15) is 4.72 Å². The Morgan fingerprint density at radius 3 is 2.50 bits per heavy atom. The first kappa shape index (κ1) is 26.4. The van der Waals surface area contributed by atoms with Crippen molar-refractivity contribution in [1.29, 1.82) is 0 Å². The number of benzene rings is 3. The Balaban J connectivity index is 1.28. The summed E-state index contributed by atoms with van der Waals surface area (Å²) >= 11 is 7.02. The molecule has 38 heavy (non-hydrogen) atoms. The molecule has 3 aromatic carbocycles. The van der Waals surface area contributed by atoms with Crippen LogP contribution in [0.3, 0.4) is 0 Å². The zero-order chi connectivity index (χ0) is 26.8. The van der Waals surface area contributed by atoms with Crippen LogP contribution in [0.2, 0.25) is 5.02 Å². The number of allylic oxidation sites excluding steroid dienone is 2. The Bertz CT molecular complexity index is 1550. The molecule has 0 saturated heterocycles. The van der Waals surface area contributed by atoms with Gasteiger partial charge < -0.3 is 9.84 Å². The average Bonchev–Trinajstić information content (AvgIpc) is 3.41. The molecule has 1 fully saturated rings. The van der Waals surface area contributed by atoms with Crippen molar-refractivity contribution in [2.24, 2.45) is 0 Å². The van der Waals surface area contributed by atoms with Crippen LogP contribution in [0.1, 0.15) is 35.4 Å². The number of ether oxygens (including phenoxy) is 1. The second kappa shape index (κ2) is 10.9. The Morgan fingerprint density at radius 1 is 1.05 bits per heavy atom. The number of hydrogen-bond donors (Lipinski definition) is 2. The minimum Gasteiger partial charge on any atom is -0.489 e. The lowest BCUT2D eigenvalue weighted by atomic mass is 10.1. The van der Waals surface area contributed by atoms with Gasteiger partial charge in [-0.1, -0.05) is 89.8 Å². The van der Waals surface area contributed by atoms with Crippen LogP contribution in [0, 0.1) is 11.8 Å². The predicted octanol–water partition coefficient (Wildman–Crippen LogP) is 5.55. The van der Waals surface area contributed by atoms with Gasteiger partial charge >= 0.3 is 5.97 Å². The van der Waals surface area contributed by atoms with Crippen molar-refractivity contribution < 1.29 is 23.1 Å². The highest BCUT2D eigenvalue weighted by molar-refractivity contribution is 8.15. The van der Waals surface area contributed by atoms with Crippen LogP contribution in [0.4, 0.5) is 0 Å². The first-order valence-electron chi connectivity index (χ1n) is 11.9. The number of hydrogen-bond acceptors (Lipinski definition) is 5. The van der Waals surface area contributed by atoms with E-state index in [0.717, 1.165) is 22.9 Å². The number of nitrogens with one attached hydrogen (secondary N) is 1. The second-order valence-corrected chi connectivity index (χ2v) is 12.9.